The molecule has 0 rings (SSSR count). The van der Waals surface area contributed by atoms with E-state index in [9.17, 15) is 13.2 Å². The zero-order valence-electron chi connectivity index (χ0n) is 10.1. The minimum absolute atomic E-state index is 0.204. The van der Waals surface area contributed by atoms with Crippen molar-refractivity contribution >= 4 is 16.1 Å². The van der Waals surface area contributed by atoms with Gasteiger partial charge in [-0.05, 0) is 0 Å². The summed E-state index contributed by atoms with van der Waals surface area (Å²) < 4.78 is 29.9. The van der Waals surface area contributed by atoms with Crippen LogP contribution >= 0.6 is 0 Å². The van der Waals surface area contributed by atoms with Gasteiger partial charge >= 0.3 is 0 Å². The fourth-order valence-electron chi connectivity index (χ4n) is 0.911. The number of amides is 1. The normalized spacial score (nSPS) is 12.1. The molecule has 16 heavy (non-hydrogen) atoms. The highest BCUT2D eigenvalue weighted by molar-refractivity contribution is 7.86. The van der Waals surface area contributed by atoms with Crippen molar-refractivity contribution in [2.75, 3.05) is 47.9 Å². The number of carbonyl (C=O) groups is 1. The number of hydrogen-bond acceptors (Lipinski definition) is 4. The summed E-state index contributed by atoms with van der Waals surface area (Å²) in [5, 5.41) is 2.54. The van der Waals surface area contributed by atoms with Gasteiger partial charge in [0, 0.05) is 34.8 Å². The van der Waals surface area contributed by atoms with Gasteiger partial charge in [-0.1, -0.05) is 0 Å². The average molecular weight is 253 g/mol. The van der Waals surface area contributed by atoms with Gasteiger partial charge in [-0.2, -0.15) is 17.0 Å². The standard InChI is InChI=1S/C8H19N3O4S/c1-10(2)16(13,14)11(3)7-8(12)9-5-6-15-4/h5-7H2,1-4H3,(H,9,12). The van der Waals surface area contributed by atoms with Gasteiger partial charge in [0.1, 0.15) is 0 Å². The van der Waals surface area contributed by atoms with Gasteiger partial charge in [0.15, 0.2) is 0 Å². The number of nitrogens with zero attached hydrogens (tertiary/aromatic N) is 2. The van der Waals surface area contributed by atoms with Gasteiger partial charge in [-0.3, -0.25) is 4.79 Å². The molecule has 1 N–H and O–H groups in total. The Bertz CT molecular complexity index is 315. The summed E-state index contributed by atoms with van der Waals surface area (Å²) >= 11 is 0. The fraction of sp³-hybridized carbons (Fsp3) is 0.875. The van der Waals surface area contributed by atoms with E-state index in [-0.39, 0.29) is 12.5 Å². The zero-order valence-corrected chi connectivity index (χ0v) is 10.9. The van der Waals surface area contributed by atoms with Crippen LogP contribution in [-0.4, -0.2) is 70.9 Å². The van der Waals surface area contributed by atoms with Crippen molar-refractivity contribution in [3.63, 3.8) is 0 Å². The molecule has 0 aromatic rings. The molecule has 0 aromatic heterocycles. The number of carbonyl (C=O) groups excluding carboxylic acids is 1. The van der Waals surface area contributed by atoms with Crippen LogP contribution in [0, 0.1) is 0 Å². The monoisotopic (exact) mass is 253 g/mol. The lowest BCUT2D eigenvalue weighted by molar-refractivity contribution is -0.121. The zero-order chi connectivity index (χ0) is 12.8. The molecule has 0 aromatic carbocycles. The minimum atomic E-state index is -3.53. The third kappa shape index (κ3) is 4.88. The molecule has 0 heterocycles. The van der Waals surface area contributed by atoms with Crippen LogP contribution < -0.4 is 5.32 Å². The SMILES string of the molecule is COCCNC(=O)CN(C)S(=O)(=O)N(C)C. The Balaban J connectivity index is 4.15. The summed E-state index contributed by atoms with van der Waals surface area (Å²) in [6.07, 6.45) is 0. The highest BCUT2D eigenvalue weighted by Crippen LogP contribution is 1.99. The third-order valence-electron chi connectivity index (χ3n) is 1.85. The highest BCUT2D eigenvalue weighted by atomic mass is 32.2. The maximum Gasteiger partial charge on any atom is 0.281 e. The summed E-state index contributed by atoms with van der Waals surface area (Å²) in [5.41, 5.74) is 0. The highest BCUT2D eigenvalue weighted by Gasteiger charge is 2.22. The first-order chi connectivity index (χ1) is 7.32. The largest absolute Gasteiger partial charge is 0.383 e. The summed E-state index contributed by atoms with van der Waals surface area (Å²) in [5.74, 6) is -0.357. The van der Waals surface area contributed by atoms with Crippen LogP contribution in [0.4, 0.5) is 0 Å². The molecule has 0 radical (unpaired) electrons. The third-order valence-corrected chi connectivity index (χ3v) is 3.69. The van der Waals surface area contributed by atoms with E-state index in [2.05, 4.69) is 5.32 Å². The predicted octanol–water partition coefficient (Wildman–Crippen LogP) is -1.51. The van der Waals surface area contributed by atoms with E-state index >= 15 is 0 Å². The van der Waals surface area contributed by atoms with Crippen LogP contribution in [0.5, 0.6) is 0 Å². The maximum atomic E-state index is 11.5. The Hall–Kier alpha value is -0.700. The summed E-state index contributed by atoms with van der Waals surface area (Å²) in [6.45, 7) is 0.561. The summed E-state index contributed by atoms with van der Waals surface area (Å²) in [7, 11) is 2.17. The number of likely N-dealkylation sites (N-methyl/N-ethyl adjacent to an activating group) is 1. The molecular weight excluding hydrogens is 234 g/mol. The van der Waals surface area contributed by atoms with Gasteiger partial charge in [0.25, 0.3) is 10.2 Å². The Morgan fingerprint density at radius 1 is 1.31 bits per heavy atom. The van der Waals surface area contributed by atoms with Gasteiger partial charge in [-0.25, -0.2) is 0 Å². The predicted molar refractivity (Wildman–Crippen MR) is 60.1 cm³/mol. The van der Waals surface area contributed by atoms with Crippen molar-refractivity contribution in [1.29, 1.82) is 0 Å². The van der Waals surface area contributed by atoms with Gasteiger partial charge in [0.05, 0.1) is 13.2 Å². The molecule has 0 unspecified atom stereocenters. The number of rotatable bonds is 7. The molecule has 0 aliphatic rings. The lowest BCUT2D eigenvalue weighted by Gasteiger charge is -2.20. The van der Waals surface area contributed by atoms with E-state index in [4.69, 9.17) is 4.74 Å². The van der Waals surface area contributed by atoms with E-state index in [1.165, 1.54) is 28.3 Å². The Morgan fingerprint density at radius 3 is 2.31 bits per heavy atom. The van der Waals surface area contributed by atoms with Crippen molar-refractivity contribution in [3.8, 4) is 0 Å². The minimum Gasteiger partial charge on any atom is -0.383 e. The lowest BCUT2D eigenvalue weighted by atomic mass is 10.5. The van der Waals surface area contributed by atoms with E-state index in [1.54, 1.807) is 0 Å². The molecule has 0 bridgehead atoms. The fourth-order valence-corrected chi connectivity index (χ4v) is 1.75. The Kier molecular flexibility index (Phi) is 6.49. The second kappa shape index (κ2) is 6.79. The van der Waals surface area contributed by atoms with Crippen molar-refractivity contribution in [1.82, 2.24) is 13.9 Å². The van der Waals surface area contributed by atoms with E-state index < -0.39 is 10.2 Å². The van der Waals surface area contributed by atoms with Crippen LogP contribution in [0.2, 0.25) is 0 Å². The summed E-state index contributed by atoms with van der Waals surface area (Å²) in [4.78, 5) is 11.3. The molecule has 0 aliphatic carbocycles. The van der Waals surface area contributed by atoms with Crippen molar-refractivity contribution < 1.29 is 17.9 Å². The van der Waals surface area contributed by atoms with Gasteiger partial charge in [0.2, 0.25) is 5.91 Å². The second-order valence-electron chi connectivity index (χ2n) is 3.39. The molecule has 0 aliphatic heterocycles. The average Bonchev–Trinajstić information content (AvgIpc) is 2.17. The molecule has 0 saturated heterocycles. The van der Waals surface area contributed by atoms with Gasteiger partial charge < -0.3 is 10.1 Å². The molecule has 0 spiro atoms. The number of methoxy groups -OCH3 is 1. The Labute approximate surface area is 96.5 Å². The molecule has 1 amide bonds. The topological polar surface area (TPSA) is 79.0 Å². The molecule has 8 heteroatoms. The van der Waals surface area contributed by atoms with Crippen LogP contribution in [-0.2, 0) is 19.7 Å². The Morgan fingerprint density at radius 2 is 1.88 bits per heavy atom. The molecule has 7 nitrogen and oxygen atoms in total. The smallest absolute Gasteiger partial charge is 0.281 e. The van der Waals surface area contributed by atoms with E-state index in [0.717, 1.165) is 8.61 Å². The van der Waals surface area contributed by atoms with Crippen LogP contribution in [0.25, 0.3) is 0 Å². The number of nitrogens with one attached hydrogen (secondary N) is 1. The van der Waals surface area contributed by atoms with Crippen molar-refractivity contribution in [2.24, 2.45) is 0 Å². The molecule has 0 atom stereocenters. The maximum absolute atomic E-state index is 11.5. The summed E-state index contributed by atoms with van der Waals surface area (Å²) in [6, 6.07) is 0. The number of hydrogen-bond donors (Lipinski definition) is 1. The number of ether oxygens (including phenoxy) is 1. The molecule has 0 saturated carbocycles. The van der Waals surface area contributed by atoms with Crippen molar-refractivity contribution in [2.45, 2.75) is 0 Å². The van der Waals surface area contributed by atoms with E-state index in [0.29, 0.717) is 13.2 Å². The molecular formula is C8H19N3O4S. The van der Waals surface area contributed by atoms with Crippen LogP contribution in [0.1, 0.15) is 0 Å². The van der Waals surface area contributed by atoms with E-state index in [1.807, 2.05) is 0 Å². The first-order valence-electron chi connectivity index (χ1n) is 4.71. The molecule has 96 valence electrons. The lowest BCUT2D eigenvalue weighted by Crippen LogP contribution is -2.43. The second-order valence-corrected chi connectivity index (χ2v) is 5.64. The van der Waals surface area contributed by atoms with Gasteiger partial charge in [-0.15, -0.1) is 0 Å². The first kappa shape index (κ1) is 15.3. The molecule has 0 fully saturated rings. The van der Waals surface area contributed by atoms with Crippen LogP contribution in [0.15, 0.2) is 0 Å². The quantitative estimate of drug-likeness (QED) is 0.559. The first-order valence-corrected chi connectivity index (χ1v) is 6.11. The van der Waals surface area contributed by atoms with Crippen molar-refractivity contribution in [3.05, 3.63) is 0 Å². The van der Waals surface area contributed by atoms with Crippen LogP contribution in [0.3, 0.4) is 0 Å².